The minimum Gasteiger partial charge on any atom is -0.492 e. The van der Waals surface area contributed by atoms with Gasteiger partial charge in [-0.1, -0.05) is 40.9 Å². The first-order valence-electron chi connectivity index (χ1n) is 11.1. The molecule has 0 radical (unpaired) electrons. The number of halogens is 2. The molecule has 4 rings (SSSR count). The molecule has 3 amide bonds. The number of aromatic nitrogens is 3. The van der Waals surface area contributed by atoms with Crippen LogP contribution in [0.2, 0.25) is 10.0 Å². The number of carbonyl (C=O) groups excluding carboxylic acids is 2. The Hall–Kier alpha value is -4.32. The normalized spacial score (nSPS) is 10.6. The number of ether oxygens (including phenoxy) is 2. The van der Waals surface area contributed by atoms with E-state index in [1.165, 1.54) is 42.3 Å². The van der Waals surface area contributed by atoms with Gasteiger partial charge in [0.05, 0.1) is 21.4 Å². The average molecular weight is 557 g/mol. The van der Waals surface area contributed by atoms with Crippen molar-refractivity contribution in [3.63, 3.8) is 0 Å². The summed E-state index contributed by atoms with van der Waals surface area (Å²) >= 11 is 12.8. The van der Waals surface area contributed by atoms with E-state index in [0.29, 0.717) is 11.4 Å². The SMILES string of the molecule is COCC(=O)Nc1cc(Oc2cc(Cl)c(NC(=O)Nc3cc(O)nn3-c3ccc(C)cc3)cc2Cl)ccn1. The number of urea groups is 1. The fourth-order valence-electron chi connectivity index (χ4n) is 3.29. The maximum atomic E-state index is 12.7. The molecule has 2 aromatic heterocycles. The molecule has 0 saturated heterocycles. The molecule has 13 heteroatoms. The smallest absolute Gasteiger partial charge is 0.324 e. The quantitative estimate of drug-likeness (QED) is 0.221. The molecule has 4 aromatic rings. The highest BCUT2D eigenvalue weighted by atomic mass is 35.5. The molecule has 0 aliphatic rings. The largest absolute Gasteiger partial charge is 0.492 e. The number of aryl methyl sites for hydroxylation is 1. The van der Waals surface area contributed by atoms with Crippen molar-refractivity contribution < 1.29 is 24.2 Å². The van der Waals surface area contributed by atoms with E-state index in [9.17, 15) is 14.7 Å². The molecule has 11 nitrogen and oxygen atoms in total. The fraction of sp³-hybridized carbons (Fsp3) is 0.120. The molecule has 196 valence electrons. The molecule has 0 aliphatic carbocycles. The topological polar surface area (TPSA) is 140 Å². The van der Waals surface area contributed by atoms with Crippen LogP contribution in [0.25, 0.3) is 5.69 Å². The summed E-state index contributed by atoms with van der Waals surface area (Å²) in [6.07, 6.45) is 1.45. The molecule has 0 saturated carbocycles. The number of hydrogen-bond acceptors (Lipinski definition) is 7. The van der Waals surface area contributed by atoms with Gasteiger partial charge >= 0.3 is 6.03 Å². The monoisotopic (exact) mass is 556 g/mol. The summed E-state index contributed by atoms with van der Waals surface area (Å²) in [6.45, 7) is 1.83. The van der Waals surface area contributed by atoms with Crippen LogP contribution in [0.15, 0.2) is 60.8 Å². The second kappa shape index (κ2) is 11.8. The Morgan fingerprint density at radius 1 is 1.00 bits per heavy atom. The van der Waals surface area contributed by atoms with Crippen LogP contribution in [-0.2, 0) is 9.53 Å². The lowest BCUT2D eigenvalue weighted by Gasteiger charge is -2.14. The lowest BCUT2D eigenvalue weighted by atomic mass is 10.2. The number of carbonyl (C=O) groups is 2. The van der Waals surface area contributed by atoms with Crippen LogP contribution in [-0.4, -0.2) is 45.5 Å². The van der Waals surface area contributed by atoms with E-state index in [0.717, 1.165) is 5.56 Å². The molecule has 4 N–H and O–H groups in total. The van der Waals surface area contributed by atoms with Crippen LogP contribution >= 0.6 is 23.2 Å². The lowest BCUT2D eigenvalue weighted by molar-refractivity contribution is -0.119. The van der Waals surface area contributed by atoms with E-state index in [4.69, 9.17) is 32.7 Å². The van der Waals surface area contributed by atoms with E-state index < -0.39 is 6.03 Å². The molecule has 0 fully saturated rings. The number of benzene rings is 2. The number of amides is 3. The van der Waals surface area contributed by atoms with Gasteiger partial charge in [-0.15, -0.1) is 5.10 Å². The van der Waals surface area contributed by atoms with Crippen molar-refractivity contribution >= 4 is 52.5 Å². The molecule has 0 bridgehead atoms. The van der Waals surface area contributed by atoms with Gasteiger partial charge in [-0.3, -0.25) is 10.1 Å². The summed E-state index contributed by atoms with van der Waals surface area (Å²) < 4.78 is 12.0. The van der Waals surface area contributed by atoms with Gasteiger partial charge in [-0.2, -0.15) is 0 Å². The highest BCUT2D eigenvalue weighted by molar-refractivity contribution is 6.36. The zero-order chi connectivity index (χ0) is 27.2. The van der Waals surface area contributed by atoms with Gasteiger partial charge in [0, 0.05) is 31.5 Å². The van der Waals surface area contributed by atoms with Gasteiger partial charge in [0.2, 0.25) is 5.88 Å². The summed E-state index contributed by atoms with van der Waals surface area (Å²) in [7, 11) is 1.41. The Bertz CT molecular complexity index is 1480. The van der Waals surface area contributed by atoms with Crippen molar-refractivity contribution in [2.24, 2.45) is 0 Å². The van der Waals surface area contributed by atoms with Crippen molar-refractivity contribution in [1.29, 1.82) is 0 Å². The van der Waals surface area contributed by atoms with Crippen LogP contribution in [0.3, 0.4) is 0 Å². The van der Waals surface area contributed by atoms with Gasteiger partial charge in [0.25, 0.3) is 5.91 Å². The van der Waals surface area contributed by atoms with Crippen molar-refractivity contribution in [2.75, 3.05) is 29.7 Å². The molecule has 2 aromatic carbocycles. The zero-order valence-electron chi connectivity index (χ0n) is 20.2. The second-order valence-corrected chi connectivity index (χ2v) is 8.75. The van der Waals surface area contributed by atoms with Gasteiger partial charge < -0.3 is 25.2 Å². The molecule has 0 atom stereocenters. The van der Waals surface area contributed by atoms with Crippen LogP contribution in [0.1, 0.15) is 5.56 Å². The third-order valence-electron chi connectivity index (χ3n) is 4.99. The maximum Gasteiger partial charge on any atom is 0.324 e. The van der Waals surface area contributed by atoms with E-state index >= 15 is 0 Å². The highest BCUT2D eigenvalue weighted by Crippen LogP contribution is 2.37. The summed E-state index contributed by atoms with van der Waals surface area (Å²) in [6, 6.07) is 14.0. The van der Waals surface area contributed by atoms with Crippen molar-refractivity contribution in [3.05, 3.63) is 76.4 Å². The maximum absolute atomic E-state index is 12.7. The predicted molar refractivity (Wildman–Crippen MR) is 144 cm³/mol. The molecular formula is C25H22Cl2N6O5. The number of rotatable bonds is 8. The van der Waals surface area contributed by atoms with E-state index in [1.807, 2.05) is 19.1 Å². The molecule has 38 heavy (non-hydrogen) atoms. The number of nitrogens with one attached hydrogen (secondary N) is 3. The first kappa shape index (κ1) is 26.7. The minimum atomic E-state index is -0.643. The second-order valence-electron chi connectivity index (χ2n) is 7.94. The van der Waals surface area contributed by atoms with E-state index in [2.05, 4.69) is 26.0 Å². The molecule has 0 unspecified atom stereocenters. The number of aromatic hydroxyl groups is 1. The van der Waals surface area contributed by atoms with Crippen molar-refractivity contribution in [2.45, 2.75) is 6.92 Å². The van der Waals surface area contributed by atoms with Crippen molar-refractivity contribution in [1.82, 2.24) is 14.8 Å². The van der Waals surface area contributed by atoms with Gasteiger partial charge in [-0.05, 0) is 31.2 Å². The third kappa shape index (κ3) is 6.71. The van der Waals surface area contributed by atoms with Crippen LogP contribution in [0.4, 0.5) is 22.1 Å². The Morgan fingerprint density at radius 3 is 2.50 bits per heavy atom. The summed E-state index contributed by atoms with van der Waals surface area (Å²) in [5.41, 5.74) is 1.91. The molecule has 2 heterocycles. The molecule has 0 spiro atoms. The Labute approximate surface area is 227 Å². The zero-order valence-corrected chi connectivity index (χ0v) is 21.7. The Balaban J connectivity index is 1.46. The summed E-state index contributed by atoms with van der Waals surface area (Å²) in [4.78, 5) is 28.5. The Kier molecular flexibility index (Phi) is 8.31. The van der Waals surface area contributed by atoms with Gasteiger partial charge in [0.1, 0.15) is 29.7 Å². The summed E-state index contributed by atoms with van der Waals surface area (Å²) in [5, 5.41) is 22.0. The standard InChI is InChI=1S/C25H22Cl2N6O5/c1-14-3-5-15(6-4-14)33-22(12-23(34)32-33)31-25(36)29-19-10-18(27)20(11-17(19)26)38-16-7-8-28-21(9-16)30-24(35)13-37-2/h3-12H,13H2,1-2H3,(H,32,34)(H,28,30,35)(H2,29,31,36). The first-order valence-corrected chi connectivity index (χ1v) is 11.8. The Morgan fingerprint density at radius 2 is 1.76 bits per heavy atom. The van der Waals surface area contributed by atoms with Gasteiger partial charge in [-0.25, -0.2) is 14.5 Å². The minimum absolute atomic E-state index is 0.119. The highest BCUT2D eigenvalue weighted by Gasteiger charge is 2.16. The van der Waals surface area contributed by atoms with Crippen molar-refractivity contribution in [3.8, 4) is 23.1 Å². The number of hydrogen-bond donors (Lipinski definition) is 4. The number of pyridine rings is 1. The van der Waals surface area contributed by atoms with Crippen LogP contribution < -0.4 is 20.7 Å². The lowest BCUT2D eigenvalue weighted by Crippen LogP contribution is -2.21. The fourth-order valence-corrected chi connectivity index (χ4v) is 3.70. The number of nitrogens with zero attached hydrogens (tertiary/aromatic N) is 3. The first-order chi connectivity index (χ1) is 18.2. The van der Waals surface area contributed by atoms with Crippen LogP contribution in [0, 0.1) is 6.92 Å². The average Bonchev–Trinajstić information content (AvgIpc) is 3.22. The third-order valence-corrected chi connectivity index (χ3v) is 5.60. The number of methoxy groups -OCH3 is 1. The number of anilines is 3. The van der Waals surface area contributed by atoms with E-state index in [-0.39, 0.29) is 51.5 Å². The van der Waals surface area contributed by atoms with Crippen LogP contribution in [0.5, 0.6) is 17.4 Å². The predicted octanol–water partition coefficient (Wildman–Crippen LogP) is 5.61. The van der Waals surface area contributed by atoms with Gasteiger partial charge in [0.15, 0.2) is 0 Å². The van der Waals surface area contributed by atoms with E-state index in [1.54, 1.807) is 18.2 Å². The molecule has 0 aliphatic heterocycles. The summed E-state index contributed by atoms with van der Waals surface area (Å²) in [5.74, 6) is 0.415. The molecular weight excluding hydrogens is 535 g/mol.